The molecule has 6 heteroatoms. The summed E-state index contributed by atoms with van der Waals surface area (Å²) in [4.78, 5) is 12.4. The molecule has 0 unspecified atom stereocenters. The Hall–Kier alpha value is -1.92. The normalized spacial score (nSPS) is 18.5. The Balaban J connectivity index is 1.59. The molecule has 2 aromatic rings. The molecule has 0 saturated carbocycles. The first kappa shape index (κ1) is 15.0. The second-order valence-electron chi connectivity index (χ2n) is 5.99. The molecule has 3 rings (SSSR count). The first-order chi connectivity index (χ1) is 10.6. The summed E-state index contributed by atoms with van der Waals surface area (Å²) in [6.45, 7) is 5.88. The van der Waals surface area contributed by atoms with Crippen LogP contribution in [0.4, 0.5) is 0 Å². The summed E-state index contributed by atoms with van der Waals surface area (Å²) in [5, 5.41) is 10.7. The lowest BCUT2D eigenvalue weighted by atomic mass is 10.0. The van der Waals surface area contributed by atoms with Gasteiger partial charge in [0, 0.05) is 18.4 Å². The van der Waals surface area contributed by atoms with Gasteiger partial charge in [0.15, 0.2) is 5.79 Å². The molecule has 1 aliphatic rings. The first-order valence-electron chi connectivity index (χ1n) is 7.56. The molecular formula is C16H21N3O3. The largest absolute Gasteiger partial charge is 0.352 e. The van der Waals surface area contributed by atoms with Crippen molar-refractivity contribution in [3.8, 4) is 0 Å². The summed E-state index contributed by atoms with van der Waals surface area (Å²) < 4.78 is 11.2. The predicted molar refractivity (Wildman–Crippen MR) is 82.5 cm³/mol. The van der Waals surface area contributed by atoms with Crippen LogP contribution in [-0.2, 0) is 9.47 Å². The van der Waals surface area contributed by atoms with E-state index in [2.05, 4.69) is 22.4 Å². The van der Waals surface area contributed by atoms with Gasteiger partial charge in [0.1, 0.15) is 0 Å². The van der Waals surface area contributed by atoms with Gasteiger partial charge in [-0.05, 0) is 25.0 Å². The van der Waals surface area contributed by atoms with E-state index in [1.807, 2.05) is 25.1 Å². The van der Waals surface area contributed by atoms with Crippen LogP contribution in [0.3, 0.4) is 0 Å². The van der Waals surface area contributed by atoms with Crippen molar-refractivity contribution in [1.29, 1.82) is 0 Å². The van der Waals surface area contributed by atoms with Crippen molar-refractivity contribution >= 4 is 16.8 Å². The smallest absolute Gasteiger partial charge is 0.252 e. The number of hydrogen-bond acceptors (Lipinski definition) is 4. The highest BCUT2D eigenvalue weighted by atomic mass is 16.7. The zero-order valence-corrected chi connectivity index (χ0v) is 12.9. The van der Waals surface area contributed by atoms with Gasteiger partial charge in [-0.2, -0.15) is 5.10 Å². The number of rotatable bonds is 5. The molecule has 1 saturated heterocycles. The maximum absolute atomic E-state index is 12.4. The quantitative estimate of drug-likeness (QED) is 0.886. The molecule has 118 valence electrons. The summed E-state index contributed by atoms with van der Waals surface area (Å²) in [5.41, 5.74) is 1.50. The number of carbonyl (C=O) groups is 1. The van der Waals surface area contributed by atoms with Crippen molar-refractivity contribution in [1.82, 2.24) is 15.5 Å². The van der Waals surface area contributed by atoms with Gasteiger partial charge in [0.05, 0.1) is 30.5 Å². The molecule has 1 amide bonds. The molecule has 1 atom stereocenters. The number of carbonyl (C=O) groups excluding carboxylic acids is 1. The van der Waals surface area contributed by atoms with E-state index in [4.69, 9.17) is 9.47 Å². The number of H-pyrrole nitrogens is 1. The van der Waals surface area contributed by atoms with E-state index in [0.717, 1.165) is 17.3 Å². The number of aromatic nitrogens is 2. The summed E-state index contributed by atoms with van der Waals surface area (Å²) in [5.74, 6) is -0.345. The monoisotopic (exact) mass is 303 g/mol. The van der Waals surface area contributed by atoms with Gasteiger partial charge in [0.2, 0.25) is 0 Å². The van der Waals surface area contributed by atoms with E-state index >= 15 is 0 Å². The fourth-order valence-corrected chi connectivity index (χ4v) is 2.91. The van der Waals surface area contributed by atoms with Crippen molar-refractivity contribution in [3.63, 3.8) is 0 Å². The summed E-state index contributed by atoms with van der Waals surface area (Å²) in [6, 6.07) is 5.56. The van der Waals surface area contributed by atoms with Crippen LogP contribution in [0, 0.1) is 5.92 Å². The van der Waals surface area contributed by atoms with Crippen LogP contribution in [0.25, 0.3) is 10.9 Å². The number of amides is 1. The van der Waals surface area contributed by atoms with E-state index in [1.165, 1.54) is 0 Å². The second kappa shape index (κ2) is 6.06. The van der Waals surface area contributed by atoms with Crippen LogP contribution < -0.4 is 5.32 Å². The molecule has 1 aromatic heterocycles. The molecule has 1 fully saturated rings. The third kappa shape index (κ3) is 3.13. The zero-order valence-electron chi connectivity index (χ0n) is 12.9. The first-order valence-corrected chi connectivity index (χ1v) is 7.56. The van der Waals surface area contributed by atoms with Crippen molar-refractivity contribution in [2.75, 3.05) is 19.8 Å². The third-order valence-electron chi connectivity index (χ3n) is 3.96. The Morgan fingerprint density at radius 1 is 1.45 bits per heavy atom. The number of nitrogens with zero attached hydrogens (tertiary/aromatic N) is 1. The van der Waals surface area contributed by atoms with Crippen LogP contribution in [-0.4, -0.2) is 41.7 Å². The Labute approximate surface area is 129 Å². The standard InChI is InChI=1S/C16H21N3O3/c1-11(8-16(2)21-6-7-22-16)9-17-15(20)12-4-3-5-14-13(12)10-18-19-14/h3-5,10-11H,6-9H2,1-2H3,(H,17,20)(H,18,19)/t11-/m0/s1. The molecule has 0 bridgehead atoms. The summed E-state index contributed by atoms with van der Waals surface area (Å²) in [6.07, 6.45) is 2.43. The Kier molecular flexibility index (Phi) is 4.13. The van der Waals surface area contributed by atoms with Crippen molar-refractivity contribution in [2.24, 2.45) is 5.92 Å². The molecular weight excluding hydrogens is 282 g/mol. The van der Waals surface area contributed by atoms with Gasteiger partial charge in [-0.25, -0.2) is 0 Å². The average molecular weight is 303 g/mol. The van der Waals surface area contributed by atoms with Gasteiger partial charge in [-0.3, -0.25) is 9.89 Å². The maximum Gasteiger partial charge on any atom is 0.252 e. The Bertz CT molecular complexity index is 661. The molecule has 22 heavy (non-hydrogen) atoms. The molecule has 0 aliphatic carbocycles. The van der Waals surface area contributed by atoms with E-state index in [1.54, 1.807) is 6.20 Å². The topological polar surface area (TPSA) is 76.2 Å². The number of benzene rings is 1. The fourth-order valence-electron chi connectivity index (χ4n) is 2.91. The number of fused-ring (bicyclic) bond motifs is 1. The van der Waals surface area contributed by atoms with E-state index < -0.39 is 5.79 Å². The van der Waals surface area contributed by atoms with Crippen molar-refractivity contribution < 1.29 is 14.3 Å². The van der Waals surface area contributed by atoms with E-state index in [-0.39, 0.29) is 11.8 Å². The summed E-state index contributed by atoms with van der Waals surface area (Å²) >= 11 is 0. The second-order valence-corrected chi connectivity index (χ2v) is 5.99. The van der Waals surface area contributed by atoms with Gasteiger partial charge < -0.3 is 14.8 Å². The van der Waals surface area contributed by atoms with Gasteiger partial charge >= 0.3 is 0 Å². The fraction of sp³-hybridized carbons (Fsp3) is 0.500. The SMILES string of the molecule is C[C@H](CNC(=O)c1cccc2[nH]ncc12)CC1(C)OCCO1. The lowest BCUT2D eigenvalue weighted by molar-refractivity contribution is -0.153. The average Bonchev–Trinajstić information content (AvgIpc) is 3.13. The Morgan fingerprint density at radius 3 is 3.00 bits per heavy atom. The molecule has 2 heterocycles. The minimum absolute atomic E-state index is 0.0859. The third-order valence-corrected chi connectivity index (χ3v) is 3.96. The minimum atomic E-state index is -0.519. The van der Waals surface area contributed by atoms with Gasteiger partial charge in [-0.1, -0.05) is 13.0 Å². The van der Waals surface area contributed by atoms with E-state index in [0.29, 0.717) is 25.3 Å². The lowest BCUT2D eigenvalue weighted by Gasteiger charge is -2.26. The van der Waals surface area contributed by atoms with Crippen LogP contribution >= 0.6 is 0 Å². The molecule has 0 spiro atoms. The summed E-state index contributed by atoms with van der Waals surface area (Å²) in [7, 11) is 0. The zero-order chi connectivity index (χ0) is 15.6. The van der Waals surface area contributed by atoms with Crippen LogP contribution in [0.5, 0.6) is 0 Å². The molecule has 6 nitrogen and oxygen atoms in total. The highest BCUT2D eigenvalue weighted by molar-refractivity contribution is 6.05. The van der Waals surface area contributed by atoms with Crippen molar-refractivity contribution in [2.45, 2.75) is 26.1 Å². The number of hydrogen-bond donors (Lipinski definition) is 2. The highest BCUT2D eigenvalue weighted by Crippen LogP contribution is 2.26. The van der Waals surface area contributed by atoms with Crippen LogP contribution in [0.15, 0.2) is 24.4 Å². The van der Waals surface area contributed by atoms with E-state index in [9.17, 15) is 4.79 Å². The highest BCUT2D eigenvalue weighted by Gasteiger charge is 2.32. The molecule has 1 aliphatic heterocycles. The minimum Gasteiger partial charge on any atom is -0.352 e. The predicted octanol–water partition coefficient (Wildman–Crippen LogP) is 2.08. The molecule has 1 aromatic carbocycles. The Morgan fingerprint density at radius 2 is 2.23 bits per heavy atom. The van der Waals surface area contributed by atoms with Gasteiger partial charge in [-0.15, -0.1) is 0 Å². The van der Waals surface area contributed by atoms with Crippen LogP contribution in [0.1, 0.15) is 30.6 Å². The number of nitrogens with one attached hydrogen (secondary N) is 2. The van der Waals surface area contributed by atoms with Crippen molar-refractivity contribution in [3.05, 3.63) is 30.0 Å². The maximum atomic E-state index is 12.4. The molecule has 0 radical (unpaired) electrons. The van der Waals surface area contributed by atoms with Crippen LogP contribution in [0.2, 0.25) is 0 Å². The lowest BCUT2D eigenvalue weighted by Crippen LogP contribution is -2.34. The molecule has 2 N–H and O–H groups in total. The number of aromatic amines is 1. The number of ether oxygens (including phenoxy) is 2. The van der Waals surface area contributed by atoms with Gasteiger partial charge in [0.25, 0.3) is 5.91 Å².